The van der Waals surface area contributed by atoms with Crippen molar-refractivity contribution in [2.24, 2.45) is 5.92 Å². The largest absolute Gasteiger partial charge is 0.352 e. The maximum absolute atomic E-state index is 12.2. The average Bonchev–Trinajstić information content (AvgIpc) is 3.04. The van der Waals surface area contributed by atoms with Gasteiger partial charge in [0.05, 0.1) is 11.9 Å². The van der Waals surface area contributed by atoms with Gasteiger partial charge in [0, 0.05) is 17.9 Å². The van der Waals surface area contributed by atoms with Gasteiger partial charge in [-0.05, 0) is 31.6 Å². The summed E-state index contributed by atoms with van der Waals surface area (Å²) >= 11 is 0. The SMILES string of the molecule is CS(=O)(=O)CC1CCC(NC(=O)Cn2cc(-c3ccccc3)nn2)CC1. The summed E-state index contributed by atoms with van der Waals surface area (Å²) in [5.41, 5.74) is 1.70. The van der Waals surface area contributed by atoms with Crippen LogP contribution in [-0.4, -0.2) is 47.4 Å². The van der Waals surface area contributed by atoms with Crippen LogP contribution < -0.4 is 5.32 Å². The van der Waals surface area contributed by atoms with Crippen LogP contribution in [0.5, 0.6) is 0 Å². The fraction of sp³-hybridized carbons (Fsp3) is 0.500. The molecule has 1 amide bonds. The number of hydrogen-bond donors (Lipinski definition) is 1. The Kier molecular flexibility index (Phi) is 5.70. The minimum absolute atomic E-state index is 0.0962. The smallest absolute Gasteiger partial charge is 0.242 e. The molecule has 1 aromatic carbocycles. The van der Waals surface area contributed by atoms with Crippen LogP contribution >= 0.6 is 0 Å². The highest BCUT2D eigenvalue weighted by molar-refractivity contribution is 7.90. The zero-order valence-electron chi connectivity index (χ0n) is 14.8. The molecule has 2 aromatic rings. The van der Waals surface area contributed by atoms with E-state index < -0.39 is 9.84 Å². The van der Waals surface area contributed by atoms with E-state index in [2.05, 4.69) is 15.6 Å². The summed E-state index contributed by atoms with van der Waals surface area (Å²) in [7, 11) is -2.93. The number of carbonyl (C=O) groups excluding carboxylic acids is 1. The Morgan fingerprint density at radius 2 is 1.88 bits per heavy atom. The van der Waals surface area contributed by atoms with E-state index in [1.54, 1.807) is 6.20 Å². The summed E-state index contributed by atoms with van der Waals surface area (Å²) < 4.78 is 24.3. The summed E-state index contributed by atoms with van der Waals surface area (Å²) in [4.78, 5) is 12.2. The number of rotatable bonds is 6. The van der Waals surface area contributed by atoms with E-state index in [4.69, 9.17) is 0 Å². The number of nitrogens with one attached hydrogen (secondary N) is 1. The van der Waals surface area contributed by atoms with Crippen molar-refractivity contribution in [1.29, 1.82) is 0 Å². The molecule has 1 saturated carbocycles. The Hall–Kier alpha value is -2.22. The number of sulfone groups is 1. The molecule has 1 fully saturated rings. The Morgan fingerprint density at radius 3 is 2.54 bits per heavy atom. The van der Waals surface area contributed by atoms with Gasteiger partial charge in [-0.15, -0.1) is 5.10 Å². The van der Waals surface area contributed by atoms with Crippen molar-refractivity contribution in [3.8, 4) is 11.3 Å². The predicted molar refractivity (Wildman–Crippen MR) is 99.1 cm³/mol. The van der Waals surface area contributed by atoms with Crippen molar-refractivity contribution >= 4 is 15.7 Å². The number of aromatic nitrogens is 3. The molecule has 3 rings (SSSR count). The summed E-state index contributed by atoms with van der Waals surface area (Å²) in [6.45, 7) is 0.128. The van der Waals surface area contributed by atoms with Crippen molar-refractivity contribution in [3.63, 3.8) is 0 Å². The Morgan fingerprint density at radius 1 is 1.19 bits per heavy atom. The maximum Gasteiger partial charge on any atom is 0.242 e. The van der Waals surface area contributed by atoms with Gasteiger partial charge < -0.3 is 5.32 Å². The third-order valence-corrected chi connectivity index (χ3v) is 5.74. The highest BCUT2D eigenvalue weighted by Crippen LogP contribution is 2.25. The molecule has 1 N–H and O–H groups in total. The number of nitrogens with zero attached hydrogens (tertiary/aromatic N) is 3. The number of hydrogen-bond acceptors (Lipinski definition) is 5. The molecule has 7 nitrogen and oxygen atoms in total. The van der Waals surface area contributed by atoms with Gasteiger partial charge in [-0.25, -0.2) is 13.1 Å². The van der Waals surface area contributed by atoms with Gasteiger partial charge in [0.1, 0.15) is 22.1 Å². The second-order valence-electron chi connectivity index (χ2n) is 7.04. The molecule has 1 aliphatic rings. The molecule has 0 aliphatic heterocycles. The minimum atomic E-state index is -2.93. The molecule has 1 aliphatic carbocycles. The monoisotopic (exact) mass is 376 g/mol. The van der Waals surface area contributed by atoms with Gasteiger partial charge in [-0.3, -0.25) is 4.79 Å². The van der Waals surface area contributed by atoms with E-state index in [-0.39, 0.29) is 30.2 Å². The Labute approximate surface area is 153 Å². The fourth-order valence-electron chi connectivity index (χ4n) is 3.44. The zero-order chi connectivity index (χ0) is 18.6. The van der Waals surface area contributed by atoms with Gasteiger partial charge in [0.15, 0.2) is 0 Å². The topological polar surface area (TPSA) is 94.0 Å². The lowest BCUT2D eigenvalue weighted by Gasteiger charge is -2.28. The van der Waals surface area contributed by atoms with Crippen molar-refractivity contribution in [3.05, 3.63) is 36.5 Å². The summed E-state index contributed by atoms with van der Waals surface area (Å²) in [5.74, 6) is 0.359. The Balaban J connectivity index is 1.47. The standard InChI is InChI=1S/C18H24N4O3S/c1-26(24,25)13-14-7-9-16(10-8-14)19-18(23)12-22-11-17(20-21-22)15-5-3-2-4-6-15/h2-6,11,14,16H,7-10,12-13H2,1H3,(H,19,23). The molecule has 140 valence electrons. The fourth-order valence-corrected chi connectivity index (χ4v) is 4.63. The van der Waals surface area contributed by atoms with Crippen LogP contribution in [0.4, 0.5) is 0 Å². The van der Waals surface area contributed by atoms with Crippen LogP contribution in [0.3, 0.4) is 0 Å². The van der Waals surface area contributed by atoms with Crippen LogP contribution in [0.1, 0.15) is 25.7 Å². The van der Waals surface area contributed by atoms with Gasteiger partial charge in [-0.2, -0.15) is 0 Å². The second-order valence-corrected chi connectivity index (χ2v) is 9.23. The lowest BCUT2D eigenvalue weighted by molar-refractivity contribution is -0.122. The second kappa shape index (κ2) is 7.99. The summed E-state index contributed by atoms with van der Waals surface area (Å²) in [5, 5.41) is 11.1. The first kappa shape index (κ1) is 18.6. The number of amides is 1. The molecule has 0 radical (unpaired) electrons. The number of benzene rings is 1. The molecule has 8 heteroatoms. The van der Waals surface area contributed by atoms with E-state index >= 15 is 0 Å². The molecule has 26 heavy (non-hydrogen) atoms. The first-order valence-corrected chi connectivity index (χ1v) is 10.9. The molecule has 0 saturated heterocycles. The van der Waals surface area contributed by atoms with Crippen molar-refractivity contribution in [2.75, 3.05) is 12.0 Å². The van der Waals surface area contributed by atoms with Crippen LogP contribution in [0.25, 0.3) is 11.3 Å². The van der Waals surface area contributed by atoms with E-state index in [1.807, 2.05) is 30.3 Å². The summed E-state index contributed by atoms with van der Waals surface area (Å²) in [6, 6.07) is 9.80. The third kappa shape index (κ3) is 5.39. The lowest BCUT2D eigenvalue weighted by atomic mass is 9.87. The average molecular weight is 376 g/mol. The third-order valence-electron chi connectivity index (χ3n) is 4.66. The first-order valence-electron chi connectivity index (χ1n) is 8.82. The van der Waals surface area contributed by atoms with Crippen molar-refractivity contribution in [1.82, 2.24) is 20.3 Å². The van der Waals surface area contributed by atoms with E-state index in [0.29, 0.717) is 0 Å². The number of carbonyl (C=O) groups is 1. The van der Waals surface area contributed by atoms with Gasteiger partial charge in [0.2, 0.25) is 5.91 Å². The highest BCUT2D eigenvalue weighted by atomic mass is 32.2. The van der Waals surface area contributed by atoms with Crippen molar-refractivity contribution < 1.29 is 13.2 Å². The van der Waals surface area contributed by atoms with Crippen LogP contribution in [0, 0.1) is 5.92 Å². The molecule has 0 bridgehead atoms. The molecular formula is C18H24N4O3S. The quantitative estimate of drug-likeness (QED) is 0.827. The molecule has 0 atom stereocenters. The maximum atomic E-state index is 12.2. The molecule has 0 unspecified atom stereocenters. The molecule has 1 aromatic heterocycles. The van der Waals surface area contributed by atoms with Crippen LogP contribution in [-0.2, 0) is 21.2 Å². The molecular weight excluding hydrogens is 352 g/mol. The highest BCUT2D eigenvalue weighted by Gasteiger charge is 2.25. The normalized spacial score (nSPS) is 20.7. The van der Waals surface area contributed by atoms with Gasteiger partial charge in [-0.1, -0.05) is 35.5 Å². The minimum Gasteiger partial charge on any atom is -0.352 e. The van der Waals surface area contributed by atoms with Gasteiger partial charge in [0.25, 0.3) is 0 Å². The van der Waals surface area contributed by atoms with E-state index in [1.165, 1.54) is 10.9 Å². The molecule has 0 spiro atoms. The predicted octanol–water partition coefficient (Wildman–Crippen LogP) is 1.66. The van der Waals surface area contributed by atoms with E-state index in [9.17, 15) is 13.2 Å². The summed E-state index contributed by atoms with van der Waals surface area (Å²) in [6.07, 6.45) is 6.34. The van der Waals surface area contributed by atoms with Gasteiger partial charge >= 0.3 is 0 Å². The lowest BCUT2D eigenvalue weighted by Crippen LogP contribution is -2.40. The van der Waals surface area contributed by atoms with Crippen LogP contribution in [0.15, 0.2) is 36.5 Å². The zero-order valence-corrected chi connectivity index (χ0v) is 15.7. The molecule has 1 heterocycles. The first-order chi connectivity index (χ1) is 12.4. The van der Waals surface area contributed by atoms with E-state index in [0.717, 1.165) is 36.9 Å². The van der Waals surface area contributed by atoms with Crippen molar-refractivity contribution in [2.45, 2.75) is 38.3 Å². The Bertz CT molecular complexity index is 840. The van der Waals surface area contributed by atoms with Crippen LogP contribution in [0.2, 0.25) is 0 Å².